The Labute approximate surface area is 90.4 Å². The molecule has 0 aliphatic carbocycles. The van der Waals surface area contributed by atoms with Crippen molar-refractivity contribution in [2.45, 2.75) is 6.92 Å². The van der Waals surface area contributed by atoms with Crippen LogP contribution in [0.1, 0.15) is 5.69 Å². The molecule has 4 nitrogen and oxygen atoms in total. The molecule has 0 radical (unpaired) electrons. The summed E-state index contributed by atoms with van der Waals surface area (Å²) in [7, 11) is 0. The number of hydrogen-bond acceptors (Lipinski definition) is 2. The summed E-state index contributed by atoms with van der Waals surface area (Å²) in [4.78, 5) is 13.5. The highest BCUT2D eigenvalue weighted by molar-refractivity contribution is 6.37. The summed E-state index contributed by atoms with van der Waals surface area (Å²) in [5.74, 6) is 0.149. The molecule has 1 aromatic carbocycles. The van der Waals surface area contributed by atoms with Crippen LogP contribution in [0.15, 0.2) is 18.2 Å². The molecule has 78 valence electrons. The standard InChI is InChI=1S/C10H8ClNO3/c1-5-4-6-7(12-5)2-3-8(9(6)11)15-10(13)14/h2-4,12H,1H3,(H,13,14). The number of nitrogens with one attached hydrogen (secondary N) is 1. The van der Waals surface area contributed by atoms with Crippen molar-refractivity contribution in [2.24, 2.45) is 0 Å². The van der Waals surface area contributed by atoms with E-state index < -0.39 is 6.16 Å². The number of aromatic nitrogens is 1. The van der Waals surface area contributed by atoms with Gasteiger partial charge in [0.05, 0.1) is 5.02 Å². The van der Waals surface area contributed by atoms with E-state index in [-0.39, 0.29) is 5.75 Å². The van der Waals surface area contributed by atoms with Crippen LogP contribution in [0.4, 0.5) is 4.79 Å². The lowest BCUT2D eigenvalue weighted by molar-refractivity contribution is 0.144. The van der Waals surface area contributed by atoms with Crippen LogP contribution >= 0.6 is 11.6 Å². The van der Waals surface area contributed by atoms with E-state index in [1.54, 1.807) is 6.07 Å². The number of fused-ring (bicyclic) bond motifs is 1. The zero-order chi connectivity index (χ0) is 11.0. The van der Waals surface area contributed by atoms with Crippen LogP contribution in [-0.2, 0) is 0 Å². The Hall–Kier alpha value is -1.68. The number of rotatable bonds is 1. The Balaban J connectivity index is 2.58. The van der Waals surface area contributed by atoms with E-state index in [1.807, 2.05) is 13.0 Å². The molecule has 1 heterocycles. The highest BCUT2D eigenvalue weighted by atomic mass is 35.5. The average molecular weight is 226 g/mol. The van der Waals surface area contributed by atoms with E-state index in [9.17, 15) is 4.79 Å². The van der Waals surface area contributed by atoms with E-state index in [0.29, 0.717) is 5.02 Å². The van der Waals surface area contributed by atoms with Crippen molar-refractivity contribution in [1.29, 1.82) is 0 Å². The molecule has 0 aliphatic heterocycles. The number of benzene rings is 1. The molecular weight excluding hydrogens is 218 g/mol. The van der Waals surface area contributed by atoms with Gasteiger partial charge in [-0.05, 0) is 25.1 Å². The van der Waals surface area contributed by atoms with E-state index in [1.165, 1.54) is 6.07 Å². The maximum absolute atomic E-state index is 10.4. The number of ether oxygens (including phenoxy) is 1. The minimum Gasteiger partial charge on any atom is -0.449 e. The minimum absolute atomic E-state index is 0.149. The van der Waals surface area contributed by atoms with Crippen LogP contribution < -0.4 is 4.74 Å². The van der Waals surface area contributed by atoms with Gasteiger partial charge in [0.15, 0.2) is 5.75 Å². The first-order chi connectivity index (χ1) is 7.08. The quantitative estimate of drug-likeness (QED) is 0.579. The number of aromatic amines is 1. The molecule has 15 heavy (non-hydrogen) atoms. The third kappa shape index (κ3) is 1.76. The molecule has 0 bridgehead atoms. The smallest absolute Gasteiger partial charge is 0.449 e. The van der Waals surface area contributed by atoms with Gasteiger partial charge in [0.25, 0.3) is 0 Å². The van der Waals surface area contributed by atoms with Crippen LogP contribution in [0.5, 0.6) is 5.75 Å². The monoisotopic (exact) mass is 225 g/mol. The average Bonchev–Trinajstić information content (AvgIpc) is 2.51. The van der Waals surface area contributed by atoms with E-state index in [2.05, 4.69) is 9.72 Å². The molecule has 0 atom stereocenters. The second-order valence-electron chi connectivity index (χ2n) is 3.16. The summed E-state index contributed by atoms with van der Waals surface area (Å²) in [5.41, 5.74) is 1.81. The molecule has 2 aromatic rings. The fraction of sp³-hybridized carbons (Fsp3) is 0.100. The first kappa shape index (κ1) is 9.86. The van der Waals surface area contributed by atoms with Crippen LogP contribution in [0.2, 0.25) is 5.02 Å². The number of aryl methyl sites for hydroxylation is 1. The Morgan fingerprint density at radius 2 is 2.27 bits per heavy atom. The largest absolute Gasteiger partial charge is 0.511 e. The Kier molecular flexibility index (Phi) is 2.28. The summed E-state index contributed by atoms with van der Waals surface area (Å²) in [6.45, 7) is 1.90. The predicted molar refractivity (Wildman–Crippen MR) is 56.7 cm³/mol. The van der Waals surface area contributed by atoms with Crippen LogP contribution in [0.25, 0.3) is 10.9 Å². The second-order valence-corrected chi connectivity index (χ2v) is 3.54. The highest BCUT2D eigenvalue weighted by Gasteiger charge is 2.11. The van der Waals surface area contributed by atoms with Gasteiger partial charge in [0.2, 0.25) is 0 Å². The third-order valence-corrected chi connectivity index (χ3v) is 2.42. The second kappa shape index (κ2) is 3.47. The van der Waals surface area contributed by atoms with Gasteiger partial charge in [0, 0.05) is 16.6 Å². The van der Waals surface area contributed by atoms with Crippen molar-refractivity contribution in [3.8, 4) is 5.75 Å². The third-order valence-electron chi connectivity index (χ3n) is 2.03. The zero-order valence-corrected chi connectivity index (χ0v) is 8.63. The predicted octanol–water partition coefficient (Wildman–Crippen LogP) is 3.19. The summed E-state index contributed by atoms with van der Waals surface area (Å²) in [6, 6.07) is 5.09. The first-order valence-corrected chi connectivity index (χ1v) is 4.64. The number of hydrogen-bond donors (Lipinski definition) is 2. The Morgan fingerprint density at radius 3 is 2.93 bits per heavy atom. The molecule has 0 aliphatic rings. The minimum atomic E-state index is -1.37. The molecule has 2 N–H and O–H groups in total. The van der Waals surface area contributed by atoms with Crippen molar-refractivity contribution in [1.82, 2.24) is 4.98 Å². The summed E-state index contributed by atoms with van der Waals surface area (Å²) in [5, 5.41) is 9.54. The Morgan fingerprint density at radius 1 is 1.53 bits per heavy atom. The fourth-order valence-corrected chi connectivity index (χ4v) is 1.72. The Bertz CT molecular complexity index is 533. The molecule has 5 heteroatoms. The number of halogens is 1. The lowest BCUT2D eigenvalue weighted by atomic mass is 10.2. The summed E-state index contributed by atoms with van der Waals surface area (Å²) < 4.78 is 4.53. The number of carbonyl (C=O) groups is 1. The van der Waals surface area contributed by atoms with Crippen molar-refractivity contribution in [3.05, 3.63) is 28.9 Å². The van der Waals surface area contributed by atoms with Crippen LogP contribution in [0, 0.1) is 6.92 Å². The molecule has 0 fully saturated rings. The van der Waals surface area contributed by atoms with Crippen molar-refractivity contribution >= 4 is 28.7 Å². The molecule has 2 rings (SSSR count). The lowest BCUT2D eigenvalue weighted by Gasteiger charge is -2.02. The SMILES string of the molecule is Cc1cc2c(Cl)c(OC(=O)O)ccc2[nH]1. The lowest BCUT2D eigenvalue weighted by Crippen LogP contribution is -2.03. The van der Waals surface area contributed by atoms with E-state index >= 15 is 0 Å². The molecule has 0 saturated heterocycles. The van der Waals surface area contributed by atoms with Gasteiger partial charge in [-0.1, -0.05) is 11.6 Å². The molecule has 0 spiro atoms. The maximum Gasteiger partial charge on any atom is 0.511 e. The van der Waals surface area contributed by atoms with Crippen molar-refractivity contribution < 1.29 is 14.6 Å². The molecular formula is C10H8ClNO3. The summed E-state index contributed by atoms with van der Waals surface area (Å²) in [6.07, 6.45) is -1.37. The van der Waals surface area contributed by atoms with E-state index in [0.717, 1.165) is 16.6 Å². The first-order valence-electron chi connectivity index (χ1n) is 4.26. The van der Waals surface area contributed by atoms with Crippen molar-refractivity contribution in [2.75, 3.05) is 0 Å². The van der Waals surface area contributed by atoms with Crippen LogP contribution in [-0.4, -0.2) is 16.2 Å². The maximum atomic E-state index is 10.4. The fourth-order valence-electron chi connectivity index (χ4n) is 1.46. The normalized spacial score (nSPS) is 10.5. The number of H-pyrrole nitrogens is 1. The van der Waals surface area contributed by atoms with Crippen molar-refractivity contribution in [3.63, 3.8) is 0 Å². The van der Waals surface area contributed by atoms with Gasteiger partial charge >= 0.3 is 6.16 Å². The molecule has 0 saturated carbocycles. The van der Waals surface area contributed by atoms with Gasteiger partial charge in [-0.15, -0.1) is 0 Å². The van der Waals surface area contributed by atoms with Gasteiger partial charge in [-0.3, -0.25) is 0 Å². The zero-order valence-electron chi connectivity index (χ0n) is 7.87. The molecule has 0 unspecified atom stereocenters. The van der Waals surface area contributed by atoms with E-state index in [4.69, 9.17) is 16.7 Å². The summed E-state index contributed by atoms with van der Waals surface area (Å²) >= 11 is 5.99. The van der Waals surface area contributed by atoms with Crippen LogP contribution in [0.3, 0.4) is 0 Å². The van der Waals surface area contributed by atoms with Gasteiger partial charge in [-0.25, -0.2) is 4.79 Å². The highest BCUT2D eigenvalue weighted by Crippen LogP contribution is 2.33. The number of carboxylic acid groups (broad SMARTS) is 1. The van der Waals surface area contributed by atoms with Gasteiger partial charge in [-0.2, -0.15) is 0 Å². The topological polar surface area (TPSA) is 62.3 Å². The van der Waals surface area contributed by atoms with Gasteiger partial charge < -0.3 is 14.8 Å². The molecule has 0 amide bonds. The molecule has 1 aromatic heterocycles. The van der Waals surface area contributed by atoms with Gasteiger partial charge in [0.1, 0.15) is 0 Å².